The Kier molecular flexibility index (Phi) is 4.60. The van der Waals surface area contributed by atoms with E-state index >= 15 is 0 Å². The zero-order chi connectivity index (χ0) is 13.9. The van der Waals surface area contributed by atoms with Crippen molar-refractivity contribution < 1.29 is 8.42 Å². The van der Waals surface area contributed by atoms with Crippen LogP contribution in [0.5, 0.6) is 0 Å². The van der Waals surface area contributed by atoms with Gasteiger partial charge in [-0.3, -0.25) is 0 Å². The van der Waals surface area contributed by atoms with E-state index in [9.17, 15) is 8.42 Å². The van der Waals surface area contributed by atoms with Gasteiger partial charge in [0.2, 0.25) is 10.0 Å². The second-order valence-corrected chi connectivity index (χ2v) is 7.00. The summed E-state index contributed by atoms with van der Waals surface area (Å²) in [6, 6.07) is 7.46. The minimum absolute atomic E-state index is 0.196. The average Bonchev–Trinajstić information content (AvgIpc) is 3.23. The number of hydrogen-bond donors (Lipinski definition) is 1. The Morgan fingerprint density at radius 1 is 1.32 bits per heavy atom. The predicted octanol–water partition coefficient (Wildman–Crippen LogP) is 1.97. The molecule has 0 atom stereocenters. The quantitative estimate of drug-likeness (QED) is 0.778. The molecule has 4 nitrogen and oxygen atoms in total. The van der Waals surface area contributed by atoms with Crippen LogP contribution in [0.4, 0.5) is 0 Å². The minimum atomic E-state index is -3.35. The summed E-state index contributed by atoms with van der Waals surface area (Å²) in [6.45, 7) is 3.59. The van der Waals surface area contributed by atoms with E-state index in [-0.39, 0.29) is 6.04 Å². The van der Waals surface area contributed by atoms with Gasteiger partial charge in [0.1, 0.15) is 0 Å². The molecule has 2 rings (SSSR count). The molecule has 0 radical (unpaired) electrons. The van der Waals surface area contributed by atoms with Crippen LogP contribution in [0, 0.1) is 0 Å². The molecule has 0 amide bonds. The first kappa shape index (κ1) is 14.5. The first-order valence-electron chi connectivity index (χ1n) is 6.84. The fourth-order valence-electron chi connectivity index (χ4n) is 2.09. The van der Waals surface area contributed by atoms with Gasteiger partial charge in [-0.05, 0) is 37.4 Å². The summed E-state index contributed by atoms with van der Waals surface area (Å²) >= 11 is 0. The molecular weight excluding hydrogens is 260 g/mol. The molecule has 0 heterocycles. The van der Waals surface area contributed by atoms with Gasteiger partial charge in [-0.2, -0.15) is 4.31 Å². The second kappa shape index (κ2) is 6.03. The third kappa shape index (κ3) is 3.35. The van der Waals surface area contributed by atoms with E-state index in [1.54, 1.807) is 19.2 Å². The van der Waals surface area contributed by atoms with Gasteiger partial charge in [-0.25, -0.2) is 8.42 Å². The van der Waals surface area contributed by atoms with E-state index in [0.29, 0.717) is 11.4 Å². The fraction of sp³-hybridized carbons (Fsp3) is 0.571. The lowest BCUT2D eigenvalue weighted by molar-refractivity contribution is 0.463. The summed E-state index contributed by atoms with van der Waals surface area (Å²) in [5.41, 5.74) is 0.850. The van der Waals surface area contributed by atoms with Crippen LogP contribution in [0.1, 0.15) is 31.7 Å². The summed E-state index contributed by atoms with van der Waals surface area (Å²) in [5.74, 6) is 0. The molecule has 0 aliphatic heterocycles. The summed E-state index contributed by atoms with van der Waals surface area (Å²) in [4.78, 5) is 0.438. The Bertz CT molecular complexity index is 524. The summed E-state index contributed by atoms with van der Waals surface area (Å²) in [5, 5.41) is 3.26. The average molecular weight is 282 g/mol. The van der Waals surface area contributed by atoms with Crippen LogP contribution in [-0.4, -0.2) is 32.4 Å². The van der Waals surface area contributed by atoms with Crippen LogP contribution < -0.4 is 5.32 Å². The van der Waals surface area contributed by atoms with Crippen molar-refractivity contribution in [2.45, 2.75) is 43.7 Å². The number of hydrogen-bond acceptors (Lipinski definition) is 3. The highest BCUT2D eigenvalue weighted by Crippen LogP contribution is 2.31. The molecule has 0 saturated heterocycles. The van der Waals surface area contributed by atoms with Gasteiger partial charge >= 0.3 is 0 Å². The van der Waals surface area contributed by atoms with Crippen molar-refractivity contribution >= 4 is 10.0 Å². The molecule has 1 aromatic carbocycles. The SMILES string of the molecule is CCCNCc1ccccc1S(=O)(=O)N(C)C1CC1. The Hall–Kier alpha value is -0.910. The summed E-state index contributed by atoms with van der Waals surface area (Å²) < 4.78 is 26.7. The first-order valence-corrected chi connectivity index (χ1v) is 8.28. The van der Waals surface area contributed by atoms with E-state index in [1.807, 2.05) is 12.1 Å². The van der Waals surface area contributed by atoms with Gasteiger partial charge in [0, 0.05) is 19.6 Å². The fourth-order valence-corrected chi connectivity index (χ4v) is 3.73. The highest BCUT2D eigenvalue weighted by atomic mass is 32.2. The van der Waals surface area contributed by atoms with E-state index in [1.165, 1.54) is 4.31 Å². The van der Waals surface area contributed by atoms with E-state index in [4.69, 9.17) is 0 Å². The van der Waals surface area contributed by atoms with E-state index in [0.717, 1.165) is 31.4 Å². The molecule has 0 spiro atoms. The summed E-state index contributed by atoms with van der Waals surface area (Å²) in [6.07, 6.45) is 2.99. The lowest BCUT2D eigenvalue weighted by Crippen LogP contribution is -2.30. The molecule has 1 aromatic rings. The zero-order valence-corrected chi connectivity index (χ0v) is 12.4. The van der Waals surface area contributed by atoms with Crippen molar-refractivity contribution in [2.75, 3.05) is 13.6 Å². The largest absolute Gasteiger partial charge is 0.313 e. The maximum Gasteiger partial charge on any atom is 0.243 e. The molecule has 0 unspecified atom stereocenters. The van der Waals surface area contributed by atoms with Gasteiger partial charge in [-0.15, -0.1) is 0 Å². The molecule has 0 bridgehead atoms. The van der Waals surface area contributed by atoms with Crippen molar-refractivity contribution in [1.29, 1.82) is 0 Å². The van der Waals surface area contributed by atoms with E-state index in [2.05, 4.69) is 12.2 Å². The topological polar surface area (TPSA) is 49.4 Å². The molecule has 1 N–H and O–H groups in total. The molecule has 1 fully saturated rings. The number of benzene rings is 1. The highest BCUT2D eigenvalue weighted by molar-refractivity contribution is 7.89. The smallest absolute Gasteiger partial charge is 0.243 e. The van der Waals surface area contributed by atoms with E-state index < -0.39 is 10.0 Å². The van der Waals surface area contributed by atoms with Crippen molar-refractivity contribution in [1.82, 2.24) is 9.62 Å². The third-order valence-electron chi connectivity index (χ3n) is 3.43. The van der Waals surface area contributed by atoms with Gasteiger partial charge in [0.05, 0.1) is 4.90 Å². The van der Waals surface area contributed by atoms with Crippen LogP contribution in [0.25, 0.3) is 0 Å². The molecule has 19 heavy (non-hydrogen) atoms. The van der Waals surface area contributed by atoms with Crippen LogP contribution in [0.15, 0.2) is 29.2 Å². The lowest BCUT2D eigenvalue weighted by atomic mass is 10.2. The number of nitrogens with one attached hydrogen (secondary N) is 1. The molecule has 1 aliphatic carbocycles. The third-order valence-corrected chi connectivity index (χ3v) is 5.44. The molecular formula is C14H22N2O2S. The second-order valence-electron chi connectivity index (χ2n) is 5.04. The Morgan fingerprint density at radius 2 is 2.00 bits per heavy atom. The van der Waals surface area contributed by atoms with Gasteiger partial charge in [0.15, 0.2) is 0 Å². The number of nitrogens with zero attached hydrogens (tertiary/aromatic N) is 1. The monoisotopic (exact) mass is 282 g/mol. The first-order chi connectivity index (χ1) is 9.07. The number of rotatable bonds is 7. The Balaban J connectivity index is 2.22. The van der Waals surface area contributed by atoms with Crippen LogP contribution >= 0.6 is 0 Å². The zero-order valence-electron chi connectivity index (χ0n) is 11.6. The maximum atomic E-state index is 12.6. The molecule has 5 heteroatoms. The van der Waals surface area contributed by atoms with Gasteiger partial charge < -0.3 is 5.32 Å². The van der Waals surface area contributed by atoms with Gasteiger partial charge in [-0.1, -0.05) is 25.1 Å². The predicted molar refractivity (Wildman–Crippen MR) is 76.4 cm³/mol. The Labute approximate surface area is 115 Å². The minimum Gasteiger partial charge on any atom is -0.313 e. The van der Waals surface area contributed by atoms with Crippen molar-refractivity contribution in [3.63, 3.8) is 0 Å². The standard InChI is InChI=1S/C14H22N2O2S/c1-3-10-15-11-12-6-4-5-7-14(12)19(17,18)16(2)13-8-9-13/h4-7,13,15H,3,8-11H2,1-2H3. The van der Waals surface area contributed by atoms with Crippen molar-refractivity contribution in [3.8, 4) is 0 Å². The summed E-state index contributed by atoms with van der Waals surface area (Å²) in [7, 11) is -1.67. The lowest BCUT2D eigenvalue weighted by Gasteiger charge is -2.19. The van der Waals surface area contributed by atoms with Crippen LogP contribution in [0.2, 0.25) is 0 Å². The normalized spacial score (nSPS) is 15.9. The molecule has 1 aliphatic rings. The molecule has 1 saturated carbocycles. The number of sulfonamides is 1. The molecule has 0 aromatic heterocycles. The van der Waals surface area contributed by atoms with Crippen LogP contribution in [0.3, 0.4) is 0 Å². The Morgan fingerprint density at radius 3 is 2.63 bits per heavy atom. The van der Waals surface area contributed by atoms with Crippen LogP contribution in [-0.2, 0) is 16.6 Å². The van der Waals surface area contributed by atoms with Crippen molar-refractivity contribution in [2.24, 2.45) is 0 Å². The highest BCUT2D eigenvalue weighted by Gasteiger charge is 2.35. The van der Waals surface area contributed by atoms with Gasteiger partial charge in [0.25, 0.3) is 0 Å². The maximum absolute atomic E-state index is 12.6. The molecule has 106 valence electrons. The van der Waals surface area contributed by atoms with Crippen molar-refractivity contribution in [3.05, 3.63) is 29.8 Å².